The zero-order valence-corrected chi connectivity index (χ0v) is 20.9. The van der Waals surface area contributed by atoms with Crippen molar-refractivity contribution in [1.29, 1.82) is 0 Å². The Balaban J connectivity index is 1.69. The third kappa shape index (κ3) is 4.62. The van der Waals surface area contributed by atoms with Crippen LogP contribution in [-0.2, 0) is 24.8 Å². The van der Waals surface area contributed by atoms with E-state index in [0.29, 0.717) is 30.9 Å². The highest BCUT2D eigenvalue weighted by Gasteiger charge is 2.41. The largest absolute Gasteiger partial charge is 0.383 e. The Hall–Kier alpha value is -2.33. The minimum Gasteiger partial charge on any atom is -0.383 e. The number of nitrogens with one attached hydrogen (secondary N) is 1. The van der Waals surface area contributed by atoms with Gasteiger partial charge in [-0.3, -0.25) is 9.69 Å². The molecule has 0 bridgehead atoms. The van der Waals surface area contributed by atoms with Crippen LogP contribution in [0.4, 0.5) is 10.1 Å². The number of halogens is 1. The van der Waals surface area contributed by atoms with Crippen LogP contribution in [0.25, 0.3) is 0 Å². The molecule has 0 saturated carbocycles. The first-order valence-corrected chi connectivity index (χ1v) is 12.9. The van der Waals surface area contributed by atoms with E-state index in [0.717, 1.165) is 6.54 Å². The van der Waals surface area contributed by atoms with Gasteiger partial charge in [-0.1, -0.05) is 32.0 Å². The maximum atomic E-state index is 15.1. The molecule has 2 aromatic carbocycles. The molecular weight excluding hydrogens is 457 g/mol. The van der Waals surface area contributed by atoms with Gasteiger partial charge in [-0.25, -0.2) is 12.8 Å². The zero-order chi connectivity index (χ0) is 24.7. The topological polar surface area (TPSA) is 79.0 Å². The lowest BCUT2D eigenvalue weighted by molar-refractivity contribution is -0.121. The molecule has 34 heavy (non-hydrogen) atoms. The number of anilines is 1. The Morgan fingerprint density at radius 1 is 1.24 bits per heavy atom. The monoisotopic (exact) mass is 489 g/mol. The van der Waals surface area contributed by atoms with E-state index in [1.807, 2.05) is 13.8 Å². The second-order valence-electron chi connectivity index (χ2n) is 9.83. The number of hydrogen-bond donors (Lipinski definition) is 1. The molecule has 1 amide bonds. The highest BCUT2D eigenvalue weighted by molar-refractivity contribution is 7.91. The highest BCUT2D eigenvalue weighted by atomic mass is 32.2. The maximum Gasteiger partial charge on any atom is 0.241 e. The molecular formula is C25H32FN3O4S. The summed E-state index contributed by atoms with van der Waals surface area (Å²) in [4.78, 5) is 16.8. The van der Waals surface area contributed by atoms with Crippen LogP contribution in [0.3, 0.4) is 0 Å². The molecule has 1 fully saturated rings. The van der Waals surface area contributed by atoms with Crippen molar-refractivity contribution in [2.45, 2.75) is 48.1 Å². The van der Waals surface area contributed by atoms with Crippen molar-refractivity contribution in [3.8, 4) is 0 Å². The number of sulfone groups is 1. The van der Waals surface area contributed by atoms with Gasteiger partial charge in [0.15, 0.2) is 0 Å². The molecule has 4 rings (SSSR count). The molecule has 1 saturated heterocycles. The number of hydrogen-bond acceptors (Lipinski definition) is 6. The number of carbonyl (C=O) groups excluding carboxylic acids is 1. The highest BCUT2D eigenvalue weighted by Crippen LogP contribution is 2.43. The second kappa shape index (κ2) is 9.37. The number of carbonyl (C=O) groups is 1. The Labute approximate surface area is 200 Å². The lowest BCUT2D eigenvalue weighted by Crippen LogP contribution is -2.59. The molecule has 0 radical (unpaired) electrons. The van der Waals surface area contributed by atoms with Crippen molar-refractivity contribution in [2.24, 2.45) is 0 Å². The van der Waals surface area contributed by atoms with E-state index < -0.39 is 26.0 Å². The van der Waals surface area contributed by atoms with Crippen LogP contribution in [0.1, 0.15) is 26.3 Å². The van der Waals surface area contributed by atoms with Crippen LogP contribution >= 0.6 is 0 Å². The molecule has 0 aliphatic carbocycles. The van der Waals surface area contributed by atoms with Crippen LogP contribution < -0.4 is 10.2 Å². The number of methoxy groups -OCH3 is 1. The predicted octanol–water partition coefficient (Wildman–Crippen LogP) is 2.59. The molecule has 2 atom stereocenters. The Bertz CT molecular complexity index is 1170. The van der Waals surface area contributed by atoms with Gasteiger partial charge in [-0.05, 0) is 36.8 Å². The van der Waals surface area contributed by atoms with Crippen LogP contribution in [0.2, 0.25) is 0 Å². The summed E-state index contributed by atoms with van der Waals surface area (Å²) in [5.41, 5.74) is 0.577. The SMILES string of the molecule is COC[C@H]1CN[C@H](C)CN1CC(=O)N1CC(C)(C)c2cc(F)c(S(=O)(=O)c3ccccc3)cc21. The first-order valence-electron chi connectivity index (χ1n) is 11.5. The fourth-order valence-electron chi connectivity index (χ4n) is 4.87. The van der Waals surface area contributed by atoms with E-state index in [-0.39, 0.29) is 29.4 Å². The molecule has 2 aliphatic heterocycles. The molecule has 2 aliphatic rings. The van der Waals surface area contributed by atoms with Gasteiger partial charge < -0.3 is 15.0 Å². The Kier molecular flexibility index (Phi) is 6.83. The fourth-order valence-corrected chi connectivity index (χ4v) is 6.22. The molecule has 1 N–H and O–H groups in total. The summed E-state index contributed by atoms with van der Waals surface area (Å²) >= 11 is 0. The number of nitrogens with zero attached hydrogens (tertiary/aromatic N) is 2. The molecule has 0 spiro atoms. The first-order chi connectivity index (χ1) is 16.0. The average Bonchev–Trinajstić information content (AvgIpc) is 3.06. The third-order valence-corrected chi connectivity index (χ3v) is 8.48. The van der Waals surface area contributed by atoms with Crippen LogP contribution in [0, 0.1) is 5.82 Å². The summed E-state index contributed by atoms with van der Waals surface area (Å²) in [6.45, 7) is 8.38. The van der Waals surface area contributed by atoms with E-state index in [1.54, 1.807) is 30.2 Å². The lowest BCUT2D eigenvalue weighted by Gasteiger charge is -2.39. The summed E-state index contributed by atoms with van der Waals surface area (Å²) in [6, 6.07) is 10.7. The number of fused-ring (bicyclic) bond motifs is 1. The van der Waals surface area contributed by atoms with Gasteiger partial charge in [0.25, 0.3) is 0 Å². The van der Waals surface area contributed by atoms with Crippen molar-refractivity contribution in [2.75, 3.05) is 44.8 Å². The van der Waals surface area contributed by atoms with Gasteiger partial charge in [0, 0.05) is 49.9 Å². The minimum atomic E-state index is -4.08. The van der Waals surface area contributed by atoms with E-state index in [4.69, 9.17) is 4.74 Å². The molecule has 2 heterocycles. The van der Waals surface area contributed by atoms with Gasteiger partial charge in [0.05, 0.1) is 18.0 Å². The van der Waals surface area contributed by atoms with Crippen molar-refractivity contribution < 1.29 is 22.3 Å². The van der Waals surface area contributed by atoms with E-state index in [2.05, 4.69) is 17.1 Å². The number of rotatable bonds is 6. The Morgan fingerprint density at radius 3 is 2.62 bits per heavy atom. The summed E-state index contributed by atoms with van der Waals surface area (Å²) in [7, 11) is -2.44. The lowest BCUT2D eigenvalue weighted by atomic mass is 9.87. The average molecular weight is 490 g/mol. The Morgan fingerprint density at radius 2 is 1.94 bits per heavy atom. The molecule has 0 unspecified atom stereocenters. The molecule has 9 heteroatoms. The van der Waals surface area contributed by atoms with Crippen molar-refractivity contribution in [3.63, 3.8) is 0 Å². The number of piperazine rings is 1. The van der Waals surface area contributed by atoms with Gasteiger partial charge in [-0.2, -0.15) is 0 Å². The van der Waals surface area contributed by atoms with Crippen LogP contribution in [0.5, 0.6) is 0 Å². The summed E-state index contributed by atoms with van der Waals surface area (Å²) in [6.07, 6.45) is 0. The maximum absolute atomic E-state index is 15.1. The summed E-state index contributed by atoms with van der Waals surface area (Å²) in [5, 5.41) is 3.41. The molecule has 184 valence electrons. The van der Waals surface area contributed by atoms with E-state index >= 15 is 4.39 Å². The smallest absolute Gasteiger partial charge is 0.241 e. The summed E-state index contributed by atoms with van der Waals surface area (Å²) in [5.74, 6) is -0.947. The van der Waals surface area contributed by atoms with Crippen molar-refractivity contribution >= 4 is 21.4 Å². The van der Waals surface area contributed by atoms with E-state index in [9.17, 15) is 13.2 Å². The van der Waals surface area contributed by atoms with Crippen molar-refractivity contribution in [1.82, 2.24) is 10.2 Å². The van der Waals surface area contributed by atoms with Gasteiger partial charge in [0.1, 0.15) is 10.7 Å². The first kappa shape index (κ1) is 24.8. The predicted molar refractivity (Wildman–Crippen MR) is 128 cm³/mol. The number of amides is 1. The third-order valence-electron chi connectivity index (χ3n) is 6.69. The fraction of sp³-hybridized carbons (Fsp3) is 0.480. The number of benzene rings is 2. The molecule has 0 aromatic heterocycles. The van der Waals surface area contributed by atoms with E-state index in [1.165, 1.54) is 24.3 Å². The standard InChI is InChI=1S/C25H32FN3O4S/c1-17-13-28(18(12-27-17)15-33-4)14-24(30)29-16-25(2,3)20-10-21(26)23(11-22(20)29)34(31,32)19-8-6-5-7-9-19/h5-11,17-18,27H,12-16H2,1-4H3/t17-,18-/m1/s1. The molecule has 7 nitrogen and oxygen atoms in total. The van der Waals surface area contributed by atoms with Gasteiger partial charge >= 0.3 is 0 Å². The van der Waals surface area contributed by atoms with Crippen LogP contribution in [0.15, 0.2) is 52.3 Å². The second-order valence-corrected chi connectivity index (χ2v) is 11.7. The normalized spacial score (nSPS) is 22.6. The quantitative estimate of drug-likeness (QED) is 0.672. The molecule has 2 aromatic rings. The van der Waals surface area contributed by atoms with Crippen LogP contribution in [-0.4, -0.2) is 71.2 Å². The minimum absolute atomic E-state index is 0.0150. The van der Waals surface area contributed by atoms with Gasteiger partial charge in [0.2, 0.25) is 15.7 Å². The summed E-state index contributed by atoms with van der Waals surface area (Å²) < 4.78 is 46.8. The van der Waals surface area contributed by atoms with Crippen molar-refractivity contribution in [3.05, 3.63) is 53.8 Å². The van der Waals surface area contributed by atoms with Gasteiger partial charge in [-0.15, -0.1) is 0 Å². The number of ether oxygens (including phenoxy) is 1. The zero-order valence-electron chi connectivity index (χ0n) is 20.0.